The summed E-state index contributed by atoms with van der Waals surface area (Å²) in [4.78, 5) is 10.1. The molecular formula is C12H23NO. The van der Waals surface area contributed by atoms with Crippen LogP contribution in [-0.2, 0) is 4.79 Å². The highest BCUT2D eigenvalue weighted by atomic mass is 16.1. The van der Waals surface area contributed by atoms with Gasteiger partial charge in [0.05, 0.1) is 0 Å². The average Bonchev–Trinajstić information content (AvgIpc) is 2.70. The standard InChI is InChI=1S/C7H13NO.C5H10/c1-2-3-4-5-6-7(8)9;1-2-4-5-3-1/h5-6H,2-4H2,1H3,(H2,8,9);1-5H2. The van der Waals surface area contributed by atoms with E-state index in [1.54, 1.807) is 0 Å². The Morgan fingerprint density at radius 3 is 2.07 bits per heavy atom. The highest BCUT2D eigenvalue weighted by Crippen LogP contribution is 2.15. The van der Waals surface area contributed by atoms with Gasteiger partial charge in [0.1, 0.15) is 0 Å². The third kappa shape index (κ3) is 11.2. The van der Waals surface area contributed by atoms with Crippen LogP contribution < -0.4 is 5.73 Å². The lowest BCUT2D eigenvalue weighted by Crippen LogP contribution is -2.05. The molecular weight excluding hydrogens is 174 g/mol. The number of nitrogens with two attached hydrogens (primary N) is 1. The van der Waals surface area contributed by atoms with E-state index < -0.39 is 0 Å². The Morgan fingerprint density at radius 1 is 1.21 bits per heavy atom. The summed E-state index contributed by atoms with van der Waals surface area (Å²) in [6, 6.07) is 0. The minimum absolute atomic E-state index is 0.355. The number of allylic oxidation sites excluding steroid dienone is 1. The fourth-order valence-corrected chi connectivity index (χ4v) is 1.41. The molecule has 0 bridgehead atoms. The summed E-state index contributed by atoms with van der Waals surface area (Å²) in [6.45, 7) is 2.11. The molecule has 0 aromatic heterocycles. The molecule has 1 aliphatic carbocycles. The zero-order valence-corrected chi connectivity index (χ0v) is 9.30. The normalized spacial score (nSPS) is 15.2. The molecule has 0 aromatic rings. The van der Waals surface area contributed by atoms with Gasteiger partial charge in [0.15, 0.2) is 0 Å². The van der Waals surface area contributed by atoms with Crippen molar-refractivity contribution < 1.29 is 4.79 Å². The van der Waals surface area contributed by atoms with Crippen LogP contribution in [0.15, 0.2) is 12.2 Å². The number of hydrogen-bond donors (Lipinski definition) is 1. The lowest BCUT2D eigenvalue weighted by Gasteiger charge is -1.85. The van der Waals surface area contributed by atoms with Gasteiger partial charge < -0.3 is 5.73 Å². The minimum atomic E-state index is -0.355. The summed E-state index contributed by atoms with van der Waals surface area (Å²) in [5.74, 6) is -0.355. The van der Waals surface area contributed by atoms with Gasteiger partial charge in [-0.25, -0.2) is 0 Å². The van der Waals surface area contributed by atoms with Crippen molar-refractivity contribution in [3.63, 3.8) is 0 Å². The van der Waals surface area contributed by atoms with Gasteiger partial charge in [-0.05, 0) is 12.5 Å². The van der Waals surface area contributed by atoms with Crippen LogP contribution in [0.5, 0.6) is 0 Å². The Balaban J connectivity index is 0.000000280. The van der Waals surface area contributed by atoms with Crippen molar-refractivity contribution in [1.29, 1.82) is 0 Å². The summed E-state index contributed by atoms with van der Waals surface area (Å²) < 4.78 is 0. The first-order valence-corrected chi connectivity index (χ1v) is 5.73. The lowest BCUT2D eigenvalue weighted by molar-refractivity contribution is -0.113. The molecule has 0 spiro atoms. The maximum absolute atomic E-state index is 10.1. The van der Waals surface area contributed by atoms with E-state index in [4.69, 9.17) is 5.73 Å². The maximum Gasteiger partial charge on any atom is 0.241 e. The average molecular weight is 197 g/mol. The molecule has 0 aliphatic heterocycles. The van der Waals surface area contributed by atoms with Crippen molar-refractivity contribution in [2.75, 3.05) is 0 Å². The molecule has 0 saturated heterocycles. The number of carbonyl (C=O) groups is 1. The SMILES string of the molecule is C1CCCC1.CCCCC=CC(N)=O. The molecule has 0 aromatic carbocycles. The van der Waals surface area contributed by atoms with E-state index in [9.17, 15) is 4.79 Å². The van der Waals surface area contributed by atoms with Gasteiger partial charge in [0, 0.05) is 0 Å². The molecule has 1 amide bonds. The van der Waals surface area contributed by atoms with Gasteiger partial charge in [0.25, 0.3) is 0 Å². The fourth-order valence-electron chi connectivity index (χ4n) is 1.41. The van der Waals surface area contributed by atoms with Crippen LogP contribution in [-0.4, -0.2) is 5.91 Å². The van der Waals surface area contributed by atoms with Crippen LogP contribution in [0.25, 0.3) is 0 Å². The number of hydrogen-bond acceptors (Lipinski definition) is 1. The van der Waals surface area contributed by atoms with Crippen LogP contribution >= 0.6 is 0 Å². The molecule has 82 valence electrons. The molecule has 1 fully saturated rings. The summed E-state index contributed by atoms with van der Waals surface area (Å²) in [5.41, 5.74) is 4.85. The molecule has 1 rings (SSSR count). The monoisotopic (exact) mass is 197 g/mol. The molecule has 2 N–H and O–H groups in total. The second-order valence-electron chi connectivity index (χ2n) is 3.71. The van der Waals surface area contributed by atoms with Gasteiger partial charge in [0.2, 0.25) is 5.91 Å². The van der Waals surface area contributed by atoms with E-state index in [-0.39, 0.29) is 5.91 Å². The molecule has 14 heavy (non-hydrogen) atoms. The number of amides is 1. The second-order valence-corrected chi connectivity index (χ2v) is 3.71. The van der Waals surface area contributed by atoms with Gasteiger partial charge >= 0.3 is 0 Å². The first-order chi connectivity index (χ1) is 6.77. The Bertz CT molecular complexity index is 152. The molecule has 0 radical (unpaired) electrons. The number of carbonyl (C=O) groups excluding carboxylic acids is 1. The molecule has 1 aliphatic rings. The van der Waals surface area contributed by atoms with Crippen molar-refractivity contribution in [1.82, 2.24) is 0 Å². The highest BCUT2D eigenvalue weighted by molar-refractivity contribution is 5.85. The van der Waals surface area contributed by atoms with Crippen LogP contribution in [0.3, 0.4) is 0 Å². The Labute approximate surface area is 87.6 Å². The maximum atomic E-state index is 10.1. The van der Waals surface area contributed by atoms with E-state index in [2.05, 4.69) is 6.92 Å². The summed E-state index contributed by atoms with van der Waals surface area (Å²) in [5, 5.41) is 0. The predicted octanol–water partition coefficient (Wildman–Crippen LogP) is 3.17. The van der Waals surface area contributed by atoms with E-state index in [0.717, 1.165) is 19.3 Å². The fraction of sp³-hybridized carbons (Fsp3) is 0.750. The molecule has 0 atom stereocenters. The minimum Gasteiger partial charge on any atom is -0.366 e. The quantitative estimate of drug-likeness (QED) is 0.546. The Kier molecular flexibility index (Phi) is 9.71. The van der Waals surface area contributed by atoms with E-state index >= 15 is 0 Å². The predicted molar refractivity (Wildman–Crippen MR) is 60.9 cm³/mol. The zero-order chi connectivity index (χ0) is 10.6. The zero-order valence-electron chi connectivity index (χ0n) is 9.30. The molecule has 2 nitrogen and oxygen atoms in total. The van der Waals surface area contributed by atoms with Gasteiger partial charge in [-0.2, -0.15) is 0 Å². The van der Waals surface area contributed by atoms with E-state index in [1.807, 2.05) is 6.08 Å². The van der Waals surface area contributed by atoms with Crippen molar-refractivity contribution in [3.05, 3.63) is 12.2 Å². The third-order valence-electron chi connectivity index (χ3n) is 2.26. The number of rotatable bonds is 4. The molecule has 0 heterocycles. The molecule has 0 unspecified atom stereocenters. The van der Waals surface area contributed by atoms with Crippen molar-refractivity contribution in [2.45, 2.75) is 58.3 Å². The molecule has 1 saturated carbocycles. The van der Waals surface area contributed by atoms with E-state index in [0.29, 0.717) is 0 Å². The van der Waals surface area contributed by atoms with Gasteiger partial charge in [-0.15, -0.1) is 0 Å². The van der Waals surface area contributed by atoms with Gasteiger partial charge in [-0.1, -0.05) is 57.9 Å². The number of unbranched alkanes of at least 4 members (excludes halogenated alkanes) is 2. The Morgan fingerprint density at radius 2 is 1.71 bits per heavy atom. The number of primary amides is 1. The van der Waals surface area contributed by atoms with Crippen molar-refractivity contribution >= 4 is 5.91 Å². The Hall–Kier alpha value is -0.790. The van der Waals surface area contributed by atoms with Crippen LogP contribution in [0.2, 0.25) is 0 Å². The van der Waals surface area contributed by atoms with Crippen LogP contribution in [0, 0.1) is 0 Å². The largest absolute Gasteiger partial charge is 0.366 e. The molecule has 2 heteroatoms. The smallest absolute Gasteiger partial charge is 0.241 e. The first kappa shape index (κ1) is 13.2. The summed E-state index contributed by atoms with van der Waals surface area (Å²) in [6.07, 6.45) is 14.0. The topological polar surface area (TPSA) is 43.1 Å². The van der Waals surface area contributed by atoms with E-state index in [1.165, 1.54) is 38.2 Å². The highest BCUT2D eigenvalue weighted by Gasteiger charge is 1.95. The van der Waals surface area contributed by atoms with Gasteiger partial charge in [-0.3, -0.25) is 4.79 Å². The second kappa shape index (κ2) is 10.3. The summed E-state index contributed by atoms with van der Waals surface area (Å²) >= 11 is 0. The van der Waals surface area contributed by atoms with Crippen LogP contribution in [0.1, 0.15) is 58.3 Å². The van der Waals surface area contributed by atoms with Crippen LogP contribution in [0.4, 0.5) is 0 Å². The van der Waals surface area contributed by atoms with Crippen molar-refractivity contribution in [2.24, 2.45) is 5.73 Å². The third-order valence-corrected chi connectivity index (χ3v) is 2.26. The first-order valence-electron chi connectivity index (χ1n) is 5.73. The lowest BCUT2D eigenvalue weighted by atomic mass is 10.2. The summed E-state index contributed by atoms with van der Waals surface area (Å²) in [7, 11) is 0. The van der Waals surface area contributed by atoms with Crippen molar-refractivity contribution in [3.8, 4) is 0 Å².